The van der Waals surface area contributed by atoms with Crippen molar-refractivity contribution in [3.63, 3.8) is 0 Å². The van der Waals surface area contributed by atoms with Crippen LogP contribution in [0.5, 0.6) is 5.88 Å². The first-order valence-corrected chi connectivity index (χ1v) is 10.7. The van der Waals surface area contributed by atoms with Crippen LogP contribution in [0.3, 0.4) is 0 Å². The zero-order valence-corrected chi connectivity index (χ0v) is 18.1. The van der Waals surface area contributed by atoms with Crippen molar-refractivity contribution in [1.29, 1.82) is 0 Å². The molecule has 1 aliphatic heterocycles. The summed E-state index contributed by atoms with van der Waals surface area (Å²) in [6, 6.07) is 11.7. The van der Waals surface area contributed by atoms with Crippen molar-refractivity contribution < 1.29 is 14.3 Å². The van der Waals surface area contributed by atoms with Gasteiger partial charge in [-0.15, -0.1) is 0 Å². The average Bonchev–Trinajstić information content (AvgIpc) is 3.13. The number of rotatable bonds is 8. The second-order valence-electron chi connectivity index (χ2n) is 7.75. The molecule has 2 aromatic heterocycles. The molecular formula is C23H29N5O3. The van der Waals surface area contributed by atoms with Gasteiger partial charge >= 0.3 is 0 Å². The number of para-hydroxylation sites is 1. The van der Waals surface area contributed by atoms with Gasteiger partial charge in [-0.1, -0.05) is 18.2 Å². The summed E-state index contributed by atoms with van der Waals surface area (Å²) in [6.45, 7) is 9.02. The molecule has 0 aliphatic carbocycles. The fraction of sp³-hybridized carbons (Fsp3) is 0.435. The van der Waals surface area contributed by atoms with E-state index in [2.05, 4.69) is 20.3 Å². The summed E-state index contributed by atoms with van der Waals surface area (Å²) >= 11 is 0. The highest BCUT2D eigenvalue weighted by Crippen LogP contribution is 2.26. The monoisotopic (exact) mass is 423 g/mol. The molecule has 8 heteroatoms. The molecule has 0 saturated carbocycles. The Hall–Kier alpha value is -2.97. The lowest BCUT2D eigenvalue weighted by molar-refractivity contribution is -0.123. The van der Waals surface area contributed by atoms with Crippen LogP contribution in [0.15, 0.2) is 36.4 Å². The first kappa shape index (κ1) is 21.3. The molecule has 1 N–H and O–H groups in total. The van der Waals surface area contributed by atoms with Crippen LogP contribution in [0.2, 0.25) is 0 Å². The van der Waals surface area contributed by atoms with Gasteiger partial charge in [-0.25, -0.2) is 4.68 Å². The SMILES string of the molecule is Cc1cc(OCC(=O)NCCCN2CCOCC2)nc2c1c(C)nn2-c1ccccc1. The third-order valence-electron chi connectivity index (χ3n) is 5.42. The molecule has 1 aliphatic rings. The first-order chi connectivity index (χ1) is 15.1. The lowest BCUT2D eigenvalue weighted by atomic mass is 10.2. The molecule has 31 heavy (non-hydrogen) atoms. The minimum atomic E-state index is -0.144. The van der Waals surface area contributed by atoms with Crippen molar-refractivity contribution in [2.75, 3.05) is 46.0 Å². The number of hydrogen-bond acceptors (Lipinski definition) is 6. The third-order valence-corrected chi connectivity index (χ3v) is 5.42. The first-order valence-electron chi connectivity index (χ1n) is 10.7. The Morgan fingerprint density at radius 2 is 1.97 bits per heavy atom. The molecule has 1 fully saturated rings. The highest BCUT2D eigenvalue weighted by atomic mass is 16.5. The summed E-state index contributed by atoms with van der Waals surface area (Å²) in [4.78, 5) is 19.2. The maximum Gasteiger partial charge on any atom is 0.258 e. The molecule has 0 bridgehead atoms. The number of ether oxygens (including phenoxy) is 2. The normalized spacial score (nSPS) is 14.6. The largest absolute Gasteiger partial charge is 0.468 e. The van der Waals surface area contributed by atoms with Crippen molar-refractivity contribution >= 4 is 16.9 Å². The van der Waals surface area contributed by atoms with E-state index < -0.39 is 0 Å². The lowest BCUT2D eigenvalue weighted by Gasteiger charge is -2.26. The van der Waals surface area contributed by atoms with Gasteiger partial charge in [0, 0.05) is 31.1 Å². The smallest absolute Gasteiger partial charge is 0.258 e. The van der Waals surface area contributed by atoms with Gasteiger partial charge < -0.3 is 14.8 Å². The van der Waals surface area contributed by atoms with Crippen LogP contribution in [0.1, 0.15) is 17.7 Å². The zero-order chi connectivity index (χ0) is 21.6. The number of benzene rings is 1. The van der Waals surface area contributed by atoms with Crippen LogP contribution >= 0.6 is 0 Å². The van der Waals surface area contributed by atoms with E-state index in [1.807, 2.05) is 54.9 Å². The minimum Gasteiger partial charge on any atom is -0.468 e. The molecule has 1 aromatic carbocycles. The summed E-state index contributed by atoms with van der Waals surface area (Å²) in [5.41, 5.74) is 3.59. The van der Waals surface area contributed by atoms with Gasteiger partial charge in [0.2, 0.25) is 5.88 Å². The number of aryl methyl sites for hydroxylation is 2. The second kappa shape index (κ2) is 9.89. The topological polar surface area (TPSA) is 81.5 Å². The zero-order valence-electron chi connectivity index (χ0n) is 18.1. The van der Waals surface area contributed by atoms with E-state index in [1.165, 1.54) is 0 Å². The van der Waals surface area contributed by atoms with Crippen LogP contribution in [0.25, 0.3) is 16.7 Å². The van der Waals surface area contributed by atoms with E-state index in [9.17, 15) is 4.79 Å². The van der Waals surface area contributed by atoms with Crippen LogP contribution in [-0.2, 0) is 9.53 Å². The molecule has 0 unspecified atom stereocenters. The summed E-state index contributed by atoms with van der Waals surface area (Å²) in [5, 5.41) is 8.58. The number of carbonyl (C=O) groups excluding carboxylic acids is 1. The number of pyridine rings is 1. The summed E-state index contributed by atoms with van der Waals surface area (Å²) < 4.78 is 12.9. The Bertz CT molecular complexity index is 1030. The molecule has 0 spiro atoms. The maximum atomic E-state index is 12.2. The van der Waals surface area contributed by atoms with Gasteiger partial charge in [-0.2, -0.15) is 10.1 Å². The average molecular weight is 424 g/mol. The number of amides is 1. The van der Waals surface area contributed by atoms with Crippen LogP contribution in [-0.4, -0.2) is 71.6 Å². The number of carbonyl (C=O) groups is 1. The summed E-state index contributed by atoms with van der Waals surface area (Å²) in [7, 11) is 0. The lowest BCUT2D eigenvalue weighted by Crippen LogP contribution is -2.38. The third kappa shape index (κ3) is 5.21. The van der Waals surface area contributed by atoms with Crippen LogP contribution in [0.4, 0.5) is 0 Å². The van der Waals surface area contributed by atoms with Gasteiger partial charge in [0.05, 0.1) is 24.6 Å². The number of nitrogens with one attached hydrogen (secondary N) is 1. The Balaban J connectivity index is 1.35. The predicted molar refractivity (Wildman–Crippen MR) is 119 cm³/mol. The number of nitrogens with zero attached hydrogens (tertiary/aromatic N) is 4. The van der Waals surface area contributed by atoms with E-state index in [-0.39, 0.29) is 12.5 Å². The molecule has 1 amide bonds. The predicted octanol–water partition coefficient (Wildman–Crippen LogP) is 2.25. The van der Waals surface area contributed by atoms with Crippen molar-refractivity contribution in [1.82, 2.24) is 25.0 Å². The van der Waals surface area contributed by atoms with Gasteiger partial charge in [-0.05, 0) is 44.5 Å². The summed E-state index contributed by atoms with van der Waals surface area (Å²) in [6.07, 6.45) is 0.907. The molecule has 0 atom stereocenters. The molecule has 3 heterocycles. The van der Waals surface area contributed by atoms with Crippen molar-refractivity contribution in [3.8, 4) is 11.6 Å². The van der Waals surface area contributed by atoms with Gasteiger partial charge in [0.15, 0.2) is 12.3 Å². The highest BCUT2D eigenvalue weighted by molar-refractivity contribution is 5.84. The minimum absolute atomic E-state index is 0.0616. The number of morpholine rings is 1. The molecule has 4 rings (SSSR count). The molecule has 8 nitrogen and oxygen atoms in total. The van der Waals surface area contributed by atoms with Crippen molar-refractivity contribution in [3.05, 3.63) is 47.7 Å². The van der Waals surface area contributed by atoms with Crippen molar-refractivity contribution in [2.24, 2.45) is 0 Å². The van der Waals surface area contributed by atoms with E-state index in [1.54, 1.807) is 0 Å². The molecule has 0 radical (unpaired) electrons. The highest BCUT2D eigenvalue weighted by Gasteiger charge is 2.15. The molecule has 3 aromatic rings. The van der Waals surface area contributed by atoms with Crippen LogP contribution < -0.4 is 10.1 Å². The van der Waals surface area contributed by atoms with E-state index in [0.29, 0.717) is 12.4 Å². The second-order valence-corrected chi connectivity index (χ2v) is 7.75. The number of hydrogen-bond donors (Lipinski definition) is 1. The van der Waals surface area contributed by atoms with E-state index in [4.69, 9.17) is 9.47 Å². The Kier molecular flexibility index (Phi) is 6.79. The van der Waals surface area contributed by atoms with Gasteiger partial charge in [0.1, 0.15) is 0 Å². The van der Waals surface area contributed by atoms with Crippen molar-refractivity contribution in [2.45, 2.75) is 20.3 Å². The Labute approximate surface area is 182 Å². The molecule has 1 saturated heterocycles. The summed E-state index contributed by atoms with van der Waals surface area (Å²) in [5.74, 6) is 0.278. The van der Waals surface area contributed by atoms with Gasteiger partial charge in [-0.3, -0.25) is 9.69 Å². The fourth-order valence-electron chi connectivity index (χ4n) is 3.84. The van der Waals surface area contributed by atoms with E-state index in [0.717, 1.165) is 67.2 Å². The number of fused-ring (bicyclic) bond motifs is 1. The quantitative estimate of drug-likeness (QED) is 0.560. The number of aromatic nitrogens is 3. The molecule has 164 valence electrons. The van der Waals surface area contributed by atoms with E-state index >= 15 is 0 Å². The Morgan fingerprint density at radius 1 is 1.19 bits per heavy atom. The van der Waals surface area contributed by atoms with Crippen LogP contribution in [0, 0.1) is 13.8 Å². The van der Waals surface area contributed by atoms with Gasteiger partial charge in [0.25, 0.3) is 5.91 Å². The Morgan fingerprint density at radius 3 is 2.74 bits per heavy atom. The fourth-order valence-corrected chi connectivity index (χ4v) is 3.84. The standard InChI is InChI=1S/C23H29N5O3/c1-17-15-21(31-16-20(29)24-9-6-10-27-11-13-30-14-12-27)25-23-22(17)18(2)26-28(23)19-7-4-3-5-8-19/h3-5,7-8,15H,6,9-14,16H2,1-2H3,(H,24,29). The molecular weight excluding hydrogens is 394 g/mol. The maximum absolute atomic E-state index is 12.2.